The molecule has 0 spiro atoms. The minimum atomic E-state index is -3.63. The number of aromatic nitrogens is 1. The van der Waals surface area contributed by atoms with Crippen molar-refractivity contribution in [3.05, 3.63) is 129 Å². The second kappa shape index (κ2) is 15.3. The Bertz CT molecular complexity index is 1920. The van der Waals surface area contributed by atoms with Crippen molar-refractivity contribution in [2.45, 2.75) is 62.9 Å². The predicted molar refractivity (Wildman–Crippen MR) is 187 cm³/mol. The van der Waals surface area contributed by atoms with Crippen LogP contribution in [0.3, 0.4) is 0 Å². The molecular formula is C36H36Cl2N4O6S. The maximum absolute atomic E-state index is 14.7. The number of hydrogen-bond acceptors (Lipinski definition) is 7. The van der Waals surface area contributed by atoms with Crippen molar-refractivity contribution in [1.82, 2.24) is 20.1 Å². The highest BCUT2D eigenvalue weighted by Gasteiger charge is 2.49. The van der Waals surface area contributed by atoms with Crippen molar-refractivity contribution in [3.8, 4) is 5.75 Å². The Kier molecular flexibility index (Phi) is 10.9. The van der Waals surface area contributed by atoms with Gasteiger partial charge in [-0.15, -0.1) is 0 Å². The minimum absolute atomic E-state index is 0.00434. The van der Waals surface area contributed by atoms with Crippen LogP contribution in [0.1, 0.15) is 70.4 Å². The molecule has 3 aromatic carbocycles. The molecule has 0 bridgehead atoms. The lowest BCUT2D eigenvalue weighted by atomic mass is 9.76. The Labute approximate surface area is 295 Å². The van der Waals surface area contributed by atoms with Gasteiger partial charge in [-0.3, -0.25) is 19.4 Å². The highest BCUT2D eigenvalue weighted by atomic mass is 35.5. The smallest absolute Gasteiger partial charge is 0.255 e. The van der Waals surface area contributed by atoms with E-state index in [9.17, 15) is 18.0 Å². The SMILES string of the molecule is CS(=O)(=O)NC1CCCCC1N1C(=O)c2ccc(OCc3ccccc3)cc2C(C(=O)NOCc2ccccn2)C1c1ccc(Cl)cc1Cl. The molecule has 0 saturated heterocycles. The fourth-order valence-corrected chi connectivity index (χ4v) is 8.06. The molecule has 2 amide bonds. The molecule has 49 heavy (non-hydrogen) atoms. The van der Waals surface area contributed by atoms with E-state index >= 15 is 0 Å². The number of benzene rings is 3. The van der Waals surface area contributed by atoms with Crippen molar-refractivity contribution in [2.24, 2.45) is 0 Å². The van der Waals surface area contributed by atoms with Crippen LogP contribution < -0.4 is 14.9 Å². The third-order valence-electron chi connectivity index (χ3n) is 8.82. The number of nitrogens with one attached hydrogen (secondary N) is 2. The van der Waals surface area contributed by atoms with Crippen LogP contribution in [0, 0.1) is 0 Å². The first-order valence-electron chi connectivity index (χ1n) is 16.0. The van der Waals surface area contributed by atoms with Crippen molar-refractivity contribution < 1.29 is 27.6 Å². The van der Waals surface area contributed by atoms with Crippen LogP contribution in [0.5, 0.6) is 5.75 Å². The summed E-state index contributed by atoms with van der Waals surface area (Å²) >= 11 is 13.2. The molecule has 1 aromatic heterocycles. The first-order valence-corrected chi connectivity index (χ1v) is 18.6. The lowest BCUT2D eigenvalue weighted by molar-refractivity contribution is -0.138. The van der Waals surface area contributed by atoms with Gasteiger partial charge >= 0.3 is 0 Å². The summed E-state index contributed by atoms with van der Waals surface area (Å²) < 4.78 is 33.9. The molecule has 4 unspecified atom stereocenters. The summed E-state index contributed by atoms with van der Waals surface area (Å²) in [5.41, 5.74) is 5.35. The summed E-state index contributed by atoms with van der Waals surface area (Å²) in [7, 11) is -3.63. The molecule has 2 N–H and O–H groups in total. The molecule has 4 atom stereocenters. The Morgan fingerprint density at radius 2 is 1.71 bits per heavy atom. The quantitative estimate of drug-likeness (QED) is 0.173. The Balaban J connectivity index is 1.46. The maximum atomic E-state index is 14.7. The summed E-state index contributed by atoms with van der Waals surface area (Å²) in [5, 5.41) is 0.638. The minimum Gasteiger partial charge on any atom is -0.489 e. The van der Waals surface area contributed by atoms with E-state index < -0.39 is 40.0 Å². The number of rotatable bonds is 11. The van der Waals surface area contributed by atoms with E-state index in [4.69, 9.17) is 32.8 Å². The molecule has 6 rings (SSSR count). The van der Waals surface area contributed by atoms with Crippen LogP contribution >= 0.6 is 23.2 Å². The number of hydrogen-bond donors (Lipinski definition) is 2. The van der Waals surface area contributed by atoms with Gasteiger partial charge in [0, 0.05) is 33.9 Å². The highest BCUT2D eigenvalue weighted by molar-refractivity contribution is 7.88. The first-order chi connectivity index (χ1) is 23.6. The standard InChI is InChI=1S/C36H36Cl2N4O6S/c1-49(45,46)41-31-12-5-6-13-32(31)42-34(28-16-14-24(37)19-30(28)38)33(35(43)40-48-22-25-11-7-8-18-39-25)29-20-26(15-17-27(29)36(42)44)47-21-23-9-3-2-4-10-23/h2-4,7-11,14-20,31-34,41H,5-6,12-13,21-22H2,1H3,(H,40,43). The lowest BCUT2D eigenvalue weighted by Crippen LogP contribution is -2.59. The number of hydroxylamine groups is 1. The van der Waals surface area contributed by atoms with Crippen LogP contribution in [0.15, 0.2) is 91.1 Å². The molecule has 1 fully saturated rings. The number of sulfonamides is 1. The zero-order chi connectivity index (χ0) is 34.5. The Morgan fingerprint density at radius 1 is 0.939 bits per heavy atom. The normalized spacial score (nSPS) is 20.8. The number of carbonyl (C=O) groups excluding carboxylic acids is 2. The van der Waals surface area contributed by atoms with Gasteiger partial charge in [-0.05, 0) is 72.0 Å². The van der Waals surface area contributed by atoms with E-state index in [1.807, 2.05) is 36.4 Å². The maximum Gasteiger partial charge on any atom is 0.255 e. The molecular weight excluding hydrogens is 687 g/mol. The van der Waals surface area contributed by atoms with Crippen molar-refractivity contribution in [2.75, 3.05) is 6.26 Å². The molecule has 1 aliphatic carbocycles. The molecule has 0 radical (unpaired) electrons. The van der Waals surface area contributed by atoms with Gasteiger partial charge in [-0.2, -0.15) is 0 Å². The second-order valence-corrected chi connectivity index (χ2v) is 14.9. The Morgan fingerprint density at radius 3 is 2.45 bits per heavy atom. The van der Waals surface area contributed by atoms with Gasteiger partial charge in [0.05, 0.1) is 23.9 Å². The number of carbonyl (C=O) groups is 2. The average molecular weight is 724 g/mol. The van der Waals surface area contributed by atoms with Crippen LogP contribution in [0.4, 0.5) is 0 Å². The summed E-state index contributed by atoms with van der Waals surface area (Å²) in [4.78, 5) is 40.7. The number of amides is 2. The van der Waals surface area contributed by atoms with E-state index in [1.54, 1.807) is 59.6 Å². The summed E-state index contributed by atoms with van der Waals surface area (Å²) in [6.45, 7) is 0.279. The number of nitrogens with zero attached hydrogens (tertiary/aromatic N) is 2. The highest BCUT2D eigenvalue weighted by Crippen LogP contribution is 2.48. The van der Waals surface area contributed by atoms with Gasteiger partial charge in [0.2, 0.25) is 10.0 Å². The van der Waals surface area contributed by atoms with Crippen LogP contribution in [0.2, 0.25) is 10.0 Å². The summed E-state index contributed by atoms with van der Waals surface area (Å²) in [5.74, 6) is -1.47. The molecule has 1 aliphatic heterocycles. The van der Waals surface area contributed by atoms with E-state index in [1.165, 1.54) is 0 Å². The second-order valence-electron chi connectivity index (χ2n) is 12.2. The van der Waals surface area contributed by atoms with E-state index in [-0.39, 0.29) is 24.1 Å². The number of fused-ring (bicyclic) bond motifs is 1. The van der Waals surface area contributed by atoms with Crippen molar-refractivity contribution in [3.63, 3.8) is 0 Å². The number of ether oxygens (including phenoxy) is 1. The predicted octanol–water partition coefficient (Wildman–Crippen LogP) is 6.36. The van der Waals surface area contributed by atoms with E-state index in [2.05, 4.69) is 15.2 Å². The zero-order valence-electron chi connectivity index (χ0n) is 26.7. The van der Waals surface area contributed by atoms with Crippen molar-refractivity contribution >= 4 is 45.0 Å². The largest absolute Gasteiger partial charge is 0.489 e. The molecule has 2 aliphatic rings. The van der Waals surface area contributed by atoms with Gasteiger partial charge in [0.25, 0.3) is 11.8 Å². The van der Waals surface area contributed by atoms with Gasteiger partial charge in [0.1, 0.15) is 19.0 Å². The molecule has 2 heterocycles. The summed E-state index contributed by atoms with van der Waals surface area (Å²) in [6.07, 6.45) is 5.31. The molecule has 10 nitrogen and oxygen atoms in total. The summed E-state index contributed by atoms with van der Waals surface area (Å²) in [6, 6.07) is 22.9. The van der Waals surface area contributed by atoms with Gasteiger partial charge in [0.15, 0.2) is 0 Å². The Hall–Kier alpha value is -4.00. The third-order valence-corrected chi connectivity index (χ3v) is 10.1. The number of pyridine rings is 1. The first kappa shape index (κ1) is 34.8. The zero-order valence-corrected chi connectivity index (χ0v) is 29.0. The monoisotopic (exact) mass is 722 g/mol. The van der Waals surface area contributed by atoms with E-state index in [0.717, 1.165) is 24.7 Å². The molecule has 4 aromatic rings. The fourth-order valence-electron chi connectivity index (χ4n) is 6.72. The van der Waals surface area contributed by atoms with Gasteiger partial charge in [-0.1, -0.05) is 78.5 Å². The van der Waals surface area contributed by atoms with Crippen LogP contribution in [-0.4, -0.2) is 48.5 Å². The van der Waals surface area contributed by atoms with Gasteiger partial charge in [-0.25, -0.2) is 18.6 Å². The van der Waals surface area contributed by atoms with Crippen LogP contribution in [-0.2, 0) is 32.9 Å². The van der Waals surface area contributed by atoms with Gasteiger partial charge < -0.3 is 9.64 Å². The molecule has 13 heteroatoms. The third kappa shape index (κ3) is 8.25. The van der Waals surface area contributed by atoms with Crippen LogP contribution in [0.25, 0.3) is 0 Å². The average Bonchev–Trinajstić information content (AvgIpc) is 3.08. The lowest BCUT2D eigenvalue weighted by Gasteiger charge is -2.49. The number of halogens is 2. The van der Waals surface area contributed by atoms with E-state index in [0.29, 0.717) is 46.0 Å². The fraction of sp³-hybridized carbons (Fsp3) is 0.306. The van der Waals surface area contributed by atoms with Crippen molar-refractivity contribution in [1.29, 1.82) is 0 Å². The topological polar surface area (TPSA) is 127 Å². The molecule has 256 valence electrons. The molecule has 1 saturated carbocycles.